The van der Waals surface area contributed by atoms with Crippen LogP contribution >= 0.6 is 11.6 Å². The highest BCUT2D eigenvalue weighted by Gasteiger charge is 2.42. The standard InChI is InChI=1S/C22H28ClNO2/c1-24(2)17-18-26-21(25)22(15-9-10-16-23,19-11-5-3-6-12-19)20-13-7-4-8-14-20/h3-8,11-14H,9-10,15-18H2,1-2H3. The van der Waals surface area contributed by atoms with Crippen molar-refractivity contribution in [1.82, 2.24) is 4.90 Å². The van der Waals surface area contributed by atoms with Crippen LogP contribution in [0.15, 0.2) is 60.7 Å². The molecule has 2 aromatic rings. The summed E-state index contributed by atoms with van der Waals surface area (Å²) in [5, 5.41) is 0. The highest BCUT2D eigenvalue weighted by Crippen LogP contribution is 2.38. The summed E-state index contributed by atoms with van der Waals surface area (Å²) >= 11 is 5.90. The summed E-state index contributed by atoms with van der Waals surface area (Å²) < 4.78 is 5.74. The van der Waals surface area contributed by atoms with E-state index in [4.69, 9.17) is 16.3 Å². The lowest BCUT2D eigenvalue weighted by Gasteiger charge is -2.33. The Morgan fingerprint density at radius 3 is 1.96 bits per heavy atom. The van der Waals surface area contributed by atoms with Crippen molar-refractivity contribution < 1.29 is 9.53 Å². The molecule has 0 aliphatic carbocycles. The second kappa shape index (κ2) is 10.3. The number of carbonyl (C=O) groups excluding carboxylic acids is 1. The summed E-state index contributed by atoms with van der Waals surface area (Å²) in [7, 11) is 3.94. The van der Waals surface area contributed by atoms with Crippen LogP contribution in [0.2, 0.25) is 0 Å². The first-order valence-corrected chi connectivity index (χ1v) is 9.63. The summed E-state index contributed by atoms with van der Waals surface area (Å²) in [5.74, 6) is 0.404. The van der Waals surface area contributed by atoms with Crippen molar-refractivity contribution in [3.05, 3.63) is 71.8 Å². The van der Waals surface area contributed by atoms with Gasteiger partial charge in [-0.15, -0.1) is 11.6 Å². The molecule has 0 heterocycles. The molecule has 0 atom stereocenters. The Hall–Kier alpha value is -1.84. The molecule has 0 aliphatic rings. The van der Waals surface area contributed by atoms with Crippen LogP contribution in [0.4, 0.5) is 0 Å². The quantitative estimate of drug-likeness (QED) is 0.349. The Bertz CT molecular complexity index is 619. The third-order valence-corrected chi connectivity index (χ3v) is 4.86. The van der Waals surface area contributed by atoms with Gasteiger partial charge in [0.2, 0.25) is 0 Å². The largest absolute Gasteiger partial charge is 0.463 e. The molecule has 0 aliphatic heterocycles. The molecule has 140 valence electrons. The minimum Gasteiger partial charge on any atom is -0.463 e. The fourth-order valence-corrected chi connectivity index (χ4v) is 3.36. The molecule has 0 unspecified atom stereocenters. The number of benzene rings is 2. The Balaban J connectivity index is 2.44. The van der Waals surface area contributed by atoms with E-state index < -0.39 is 5.41 Å². The zero-order chi connectivity index (χ0) is 18.8. The maximum absolute atomic E-state index is 13.4. The lowest BCUT2D eigenvalue weighted by molar-refractivity contribution is -0.149. The molecule has 0 aromatic heterocycles. The van der Waals surface area contributed by atoms with Gasteiger partial charge in [-0.2, -0.15) is 0 Å². The third-order valence-electron chi connectivity index (χ3n) is 4.59. The van der Waals surface area contributed by atoms with E-state index in [0.29, 0.717) is 25.5 Å². The first kappa shape index (κ1) is 20.5. The molecule has 0 N–H and O–H groups in total. The van der Waals surface area contributed by atoms with Gasteiger partial charge < -0.3 is 9.64 Å². The number of likely N-dealkylation sites (N-methyl/N-ethyl adjacent to an activating group) is 1. The SMILES string of the molecule is CN(C)CCOC(=O)C(CCCCCl)(c1ccccc1)c1ccccc1. The number of ether oxygens (including phenoxy) is 1. The smallest absolute Gasteiger partial charge is 0.321 e. The van der Waals surface area contributed by atoms with Crippen LogP contribution in [0.3, 0.4) is 0 Å². The second-order valence-electron chi connectivity index (χ2n) is 6.72. The van der Waals surface area contributed by atoms with E-state index in [9.17, 15) is 4.79 Å². The summed E-state index contributed by atoms with van der Waals surface area (Å²) in [6.45, 7) is 1.08. The molecule has 2 rings (SSSR count). The molecule has 2 aromatic carbocycles. The van der Waals surface area contributed by atoms with Gasteiger partial charge in [-0.1, -0.05) is 67.1 Å². The minimum atomic E-state index is -0.805. The third kappa shape index (κ3) is 5.09. The summed E-state index contributed by atoms with van der Waals surface area (Å²) in [6.07, 6.45) is 2.40. The minimum absolute atomic E-state index is 0.189. The van der Waals surface area contributed by atoms with E-state index in [1.807, 2.05) is 79.7 Å². The molecular formula is C22H28ClNO2. The van der Waals surface area contributed by atoms with Crippen molar-refractivity contribution in [3.8, 4) is 0 Å². The van der Waals surface area contributed by atoms with Gasteiger partial charge in [0, 0.05) is 12.4 Å². The maximum Gasteiger partial charge on any atom is 0.321 e. The van der Waals surface area contributed by atoms with Gasteiger partial charge in [-0.25, -0.2) is 0 Å². The predicted molar refractivity (Wildman–Crippen MR) is 108 cm³/mol. The molecule has 0 amide bonds. The van der Waals surface area contributed by atoms with E-state index >= 15 is 0 Å². The van der Waals surface area contributed by atoms with Gasteiger partial charge in [-0.05, 0) is 38.1 Å². The van der Waals surface area contributed by atoms with Gasteiger partial charge in [-0.3, -0.25) is 4.79 Å². The first-order valence-electron chi connectivity index (χ1n) is 9.10. The number of nitrogens with zero attached hydrogens (tertiary/aromatic N) is 1. The zero-order valence-corrected chi connectivity index (χ0v) is 16.4. The number of unbranched alkanes of at least 4 members (excludes halogenated alkanes) is 1. The summed E-state index contributed by atoms with van der Waals surface area (Å²) in [6, 6.07) is 19.9. The van der Waals surface area contributed by atoms with Crippen molar-refractivity contribution >= 4 is 17.6 Å². The van der Waals surface area contributed by atoms with Crippen LogP contribution in [-0.2, 0) is 14.9 Å². The molecule has 0 radical (unpaired) electrons. The van der Waals surface area contributed by atoms with Gasteiger partial charge >= 0.3 is 5.97 Å². The molecule has 0 bridgehead atoms. The number of esters is 1. The van der Waals surface area contributed by atoms with Gasteiger partial charge in [0.15, 0.2) is 0 Å². The molecule has 0 saturated heterocycles. The Kier molecular flexibility index (Phi) is 8.14. The van der Waals surface area contributed by atoms with Crippen LogP contribution in [-0.4, -0.2) is 44.0 Å². The van der Waals surface area contributed by atoms with Crippen LogP contribution in [0.1, 0.15) is 30.4 Å². The monoisotopic (exact) mass is 373 g/mol. The highest BCUT2D eigenvalue weighted by atomic mass is 35.5. The van der Waals surface area contributed by atoms with Crippen molar-refractivity contribution in [1.29, 1.82) is 0 Å². The average molecular weight is 374 g/mol. The van der Waals surface area contributed by atoms with E-state index in [0.717, 1.165) is 24.0 Å². The molecule has 3 nitrogen and oxygen atoms in total. The van der Waals surface area contributed by atoms with E-state index in [1.165, 1.54) is 0 Å². The van der Waals surface area contributed by atoms with Crippen LogP contribution in [0.25, 0.3) is 0 Å². The van der Waals surface area contributed by atoms with Crippen molar-refractivity contribution in [2.24, 2.45) is 0 Å². The van der Waals surface area contributed by atoms with Gasteiger partial charge in [0.25, 0.3) is 0 Å². The van der Waals surface area contributed by atoms with Gasteiger partial charge in [0.1, 0.15) is 12.0 Å². The van der Waals surface area contributed by atoms with E-state index in [-0.39, 0.29) is 5.97 Å². The Morgan fingerprint density at radius 2 is 1.50 bits per heavy atom. The van der Waals surface area contributed by atoms with Crippen molar-refractivity contribution in [2.45, 2.75) is 24.7 Å². The van der Waals surface area contributed by atoms with Crippen LogP contribution in [0.5, 0.6) is 0 Å². The first-order chi connectivity index (χ1) is 12.6. The normalized spacial score (nSPS) is 11.5. The van der Waals surface area contributed by atoms with Crippen molar-refractivity contribution in [2.75, 3.05) is 33.1 Å². The molecule has 0 fully saturated rings. The Labute approximate surface area is 161 Å². The summed E-state index contributed by atoms with van der Waals surface area (Å²) in [4.78, 5) is 15.4. The number of rotatable bonds is 10. The number of alkyl halides is 1. The second-order valence-corrected chi connectivity index (χ2v) is 7.10. The van der Waals surface area contributed by atoms with E-state index in [2.05, 4.69) is 0 Å². The molecule has 0 saturated carbocycles. The molecular weight excluding hydrogens is 346 g/mol. The average Bonchev–Trinajstić information content (AvgIpc) is 2.66. The topological polar surface area (TPSA) is 29.5 Å². The maximum atomic E-state index is 13.4. The molecule has 0 spiro atoms. The fraction of sp³-hybridized carbons (Fsp3) is 0.409. The zero-order valence-electron chi connectivity index (χ0n) is 15.7. The number of hydrogen-bond acceptors (Lipinski definition) is 3. The number of carbonyl (C=O) groups is 1. The number of halogens is 1. The molecule has 26 heavy (non-hydrogen) atoms. The van der Waals surface area contributed by atoms with E-state index in [1.54, 1.807) is 0 Å². The summed E-state index contributed by atoms with van der Waals surface area (Å²) in [5.41, 5.74) is 1.13. The van der Waals surface area contributed by atoms with Gasteiger partial charge in [0.05, 0.1) is 0 Å². The fourth-order valence-electron chi connectivity index (χ4n) is 3.17. The predicted octanol–water partition coefficient (Wildman–Crippen LogP) is 4.49. The van der Waals surface area contributed by atoms with Crippen molar-refractivity contribution in [3.63, 3.8) is 0 Å². The molecule has 4 heteroatoms. The lowest BCUT2D eigenvalue weighted by Crippen LogP contribution is -2.40. The van der Waals surface area contributed by atoms with Crippen LogP contribution in [0, 0.1) is 0 Å². The lowest BCUT2D eigenvalue weighted by atomic mass is 9.71. The van der Waals surface area contributed by atoms with Crippen LogP contribution < -0.4 is 0 Å². The number of hydrogen-bond donors (Lipinski definition) is 0. The highest BCUT2D eigenvalue weighted by molar-refractivity contribution is 6.17. The Morgan fingerprint density at radius 1 is 0.962 bits per heavy atom.